The third kappa shape index (κ3) is 2.80. The highest BCUT2D eigenvalue weighted by atomic mass is 19.4. The van der Waals surface area contributed by atoms with Gasteiger partial charge < -0.3 is 5.32 Å². The molecule has 1 unspecified atom stereocenters. The molecule has 1 fully saturated rings. The second kappa shape index (κ2) is 4.69. The number of halogens is 3. The van der Waals surface area contributed by atoms with E-state index in [0.717, 1.165) is 43.1 Å². The molecule has 1 aromatic carbocycles. The predicted molar refractivity (Wildman–Crippen MR) is 61.0 cm³/mol. The van der Waals surface area contributed by atoms with Crippen molar-refractivity contribution in [3.63, 3.8) is 0 Å². The minimum Gasteiger partial charge on any atom is -0.316 e. The highest BCUT2D eigenvalue weighted by Crippen LogP contribution is 2.34. The number of benzene rings is 1. The van der Waals surface area contributed by atoms with Gasteiger partial charge in [-0.05, 0) is 55.5 Å². The molecule has 4 heteroatoms. The van der Waals surface area contributed by atoms with Crippen LogP contribution in [0.5, 0.6) is 0 Å². The van der Waals surface area contributed by atoms with Crippen molar-refractivity contribution in [1.82, 2.24) is 5.32 Å². The van der Waals surface area contributed by atoms with Crippen LogP contribution in [0.1, 0.15) is 35.4 Å². The maximum atomic E-state index is 12.7. The van der Waals surface area contributed by atoms with Crippen molar-refractivity contribution in [3.8, 4) is 0 Å². The summed E-state index contributed by atoms with van der Waals surface area (Å²) in [6.07, 6.45) is -2.25. The van der Waals surface area contributed by atoms with Crippen LogP contribution in [0.3, 0.4) is 0 Å². The Morgan fingerprint density at radius 1 is 1.29 bits per heavy atom. The molecule has 0 amide bonds. The topological polar surface area (TPSA) is 12.0 Å². The molecule has 2 rings (SSSR count). The molecule has 1 aliphatic heterocycles. The van der Waals surface area contributed by atoms with Crippen LogP contribution in [0.15, 0.2) is 18.2 Å². The van der Waals surface area contributed by atoms with E-state index in [2.05, 4.69) is 5.32 Å². The van der Waals surface area contributed by atoms with E-state index in [-0.39, 0.29) is 5.92 Å². The van der Waals surface area contributed by atoms with Gasteiger partial charge in [0.15, 0.2) is 0 Å². The second-order valence-corrected chi connectivity index (χ2v) is 4.61. The Balaban J connectivity index is 2.31. The van der Waals surface area contributed by atoms with Crippen LogP contribution in [-0.4, -0.2) is 13.1 Å². The number of alkyl halides is 3. The Hall–Kier alpha value is -1.03. The van der Waals surface area contributed by atoms with Gasteiger partial charge in [0, 0.05) is 6.54 Å². The van der Waals surface area contributed by atoms with E-state index in [0.29, 0.717) is 0 Å². The fourth-order valence-corrected chi connectivity index (χ4v) is 2.37. The lowest BCUT2D eigenvalue weighted by atomic mass is 9.87. The first-order chi connectivity index (χ1) is 7.98. The van der Waals surface area contributed by atoms with Crippen LogP contribution in [0.25, 0.3) is 0 Å². The average Bonchev–Trinajstić information content (AvgIpc) is 2.29. The lowest BCUT2D eigenvalue weighted by molar-refractivity contribution is -0.137. The van der Waals surface area contributed by atoms with Gasteiger partial charge in [0.2, 0.25) is 0 Å². The summed E-state index contributed by atoms with van der Waals surface area (Å²) in [6, 6.07) is 4.05. The largest absolute Gasteiger partial charge is 0.416 e. The van der Waals surface area contributed by atoms with E-state index in [9.17, 15) is 13.2 Å². The minimum atomic E-state index is -4.25. The average molecular weight is 243 g/mol. The van der Waals surface area contributed by atoms with Gasteiger partial charge >= 0.3 is 6.18 Å². The molecule has 0 radical (unpaired) electrons. The van der Waals surface area contributed by atoms with Gasteiger partial charge in [-0.2, -0.15) is 13.2 Å². The minimum absolute atomic E-state index is 0.214. The van der Waals surface area contributed by atoms with Gasteiger partial charge in [0.05, 0.1) is 5.56 Å². The highest BCUT2D eigenvalue weighted by molar-refractivity contribution is 5.35. The molecular weight excluding hydrogens is 227 g/mol. The molecule has 0 spiro atoms. The first-order valence-electron chi connectivity index (χ1n) is 5.87. The van der Waals surface area contributed by atoms with Crippen molar-refractivity contribution < 1.29 is 13.2 Å². The molecule has 1 nitrogen and oxygen atoms in total. The summed E-state index contributed by atoms with van der Waals surface area (Å²) in [5, 5.41) is 3.24. The SMILES string of the molecule is Cc1ccc(C(F)(F)F)cc1C1CCCNC1. The standard InChI is InChI=1S/C13H16F3N/c1-9-4-5-11(13(14,15)16)7-12(9)10-3-2-6-17-8-10/h4-5,7,10,17H,2-3,6,8H2,1H3. The Labute approximate surface area is 99.0 Å². The molecule has 1 aromatic rings. The molecule has 1 atom stereocenters. The van der Waals surface area contributed by atoms with Crippen molar-refractivity contribution >= 4 is 0 Å². The molecule has 1 saturated heterocycles. The quantitative estimate of drug-likeness (QED) is 0.796. The summed E-state index contributed by atoms with van der Waals surface area (Å²) < 4.78 is 38.0. The first-order valence-corrected chi connectivity index (χ1v) is 5.87. The lowest BCUT2D eigenvalue weighted by Crippen LogP contribution is -2.28. The highest BCUT2D eigenvalue weighted by Gasteiger charge is 2.31. The summed E-state index contributed by atoms with van der Waals surface area (Å²) in [6.45, 7) is 3.63. The van der Waals surface area contributed by atoms with Crippen LogP contribution in [0, 0.1) is 6.92 Å². The molecular formula is C13H16F3N. The van der Waals surface area contributed by atoms with Gasteiger partial charge in [-0.3, -0.25) is 0 Å². The van der Waals surface area contributed by atoms with E-state index in [1.54, 1.807) is 6.07 Å². The summed E-state index contributed by atoms with van der Waals surface area (Å²) in [5.41, 5.74) is 1.25. The normalized spacial score (nSPS) is 21.5. The van der Waals surface area contributed by atoms with Crippen molar-refractivity contribution in [2.45, 2.75) is 31.9 Å². The van der Waals surface area contributed by atoms with Crippen LogP contribution in [0.4, 0.5) is 13.2 Å². The van der Waals surface area contributed by atoms with Crippen molar-refractivity contribution in [2.24, 2.45) is 0 Å². The van der Waals surface area contributed by atoms with Crippen molar-refractivity contribution in [1.29, 1.82) is 0 Å². The van der Waals surface area contributed by atoms with Gasteiger partial charge in [0.1, 0.15) is 0 Å². The molecule has 1 N–H and O–H groups in total. The van der Waals surface area contributed by atoms with Gasteiger partial charge in [0.25, 0.3) is 0 Å². The van der Waals surface area contributed by atoms with Gasteiger partial charge in [-0.25, -0.2) is 0 Å². The van der Waals surface area contributed by atoms with E-state index in [1.807, 2.05) is 6.92 Å². The summed E-state index contributed by atoms with van der Waals surface area (Å²) >= 11 is 0. The van der Waals surface area contributed by atoms with Crippen molar-refractivity contribution in [2.75, 3.05) is 13.1 Å². The predicted octanol–water partition coefficient (Wildman–Crippen LogP) is 3.48. The first kappa shape index (κ1) is 12.4. The number of hydrogen-bond donors (Lipinski definition) is 1. The van der Waals surface area contributed by atoms with Crippen LogP contribution >= 0.6 is 0 Å². The number of aryl methyl sites for hydroxylation is 1. The molecule has 0 aromatic heterocycles. The lowest BCUT2D eigenvalue weighted by Gasteiger charge is -2.25. The zero-order valence-electron chi connectivity index (χ0n) is 9.77. The fraction of sp³-hybridized carbons (Fsp3) is 0.538. The summed E-state index contributed by atoms with van der Waals surface area (Å²) in [4.78, 5) is 0. The molecule has 17 heavy (non-hydrogen) atoms. The molecule has 94 valence electrons. The van der Waals surface area contributed by atoms with Crippen molar-refractivity contribution in [3.05, 3.63) is 34.9 Å². The Morgan fingerprint density at radius 3 is 2.65 bits per heavy atom. The molecule has 1 aliphatic rings. The third-order valence-electron chi connectivity index (χ3n) is 3.34. The van der Waals surface area contributed by atoms with Gasteiger partial charge in [-0.15, -0.1) is 0 Å². The number of hydrogen-bond acceptors (Lipinski definition) is 1. The maximum absolute atomic E-state index is 12.7. The van der Waals surface area contributed by atoms with E-state index < -0.39 is 11.7 Å². The number of piperidine rings is 1. The Bertz CT molecular complexity index is 392. The number of rotatable bonds is 1. The van der Waals surface area contributed by atoms with E-state index in [1.165, 1.54) is 6.07 Å². The molecule has 1 heterocycles. The maximum Gasteiger partial charge on any atom is 0.416 e. The third-order valence-corrected chi connectivity index (χ3v) is 3.34. The second-order valence-electron chi connectivity index (χ2n) is 4.61. The van der Waals surface area contributed by atoms with Crippen LogP contribution in [0.2, 0.25) is 0 Å². The zero-order chi connectivity index (χ0) is 12.5. The monoisotopic (exact) mass is 243 g/mol. The molecule has 0 saturated carbocycles. The van der Waals surface area contributed by atoms with Crippen LogP contribution < -0.4 is 5.32 Å². The summed E-state index contributed by atoms with van der Waals surface area (Å²) in [7, 11) is 0. The molecule has 0 bridgehead atoms. The smallest absolute Gasteiger partial charge is 0.316 e. The fourth-order valence-electron chi connectivity index (χ4n) is 2.37. The van der Waals surface area contributed by atoms with Gasteiger partial charge in [-0.1, -0.05) is 6.07 Å². The number of nitrogens with one attached hydrogen (secondary N) is 1. The summed E-state index contributed by atoms with van der Waals surface area (Å²) in [5.74, 6) is 0.214. The zero-order valence-corrected chi connectivity index (χ0v) is 9.77. The molecule has 0 aliphatic carbocycles. The van der Waals surface area contributed by atoms with E-state index >= 15 is 0 Å². The Kier molecular flexibility index (Phi) is 3.43. The van der Waals surface area contributed by atoms with Crippen LogP contribution in [-0.2, 0) is 6.18 Å². The van der Waals surface area contributed by atoms with E-state index in [4.69, 9.17) is 0 Å². The Morgan fingerprint density at radius 2 is 2.06 bits per heavy atom.